The molecule has 2 N–H and O–H groups in total. The number of hydrogen-bond acceptors (Lipinski definition) is 3. The molecule has 0 aliphatic rings. The highest BCUT2D eigenvalue weighted by atomic mass is 35.5. The summed E-state index contributed by atoms with van der Waals surface area (Å²) in [4.78, 5) is 10.9. The Morgan fingerprint density at radius 1 is 1.53 bits per heavy atom. The van der Waals surface area contributed by atoms with Crippen LogP contribution in [0.25, 0.3) is 0 Å². The fraction of sp³-hybridized carbons (Fsp3) is 0.167. The third kappa shape index (κ3) is 3.23. The van der Waals surface area contributed by atoms with Gasteiger partial charge in [-0.15, -0.1) is 0 Å². The van der Waals surface area contributed by atoms with Crippen molar-refractivity contribution in [3.05, 3.63) is 40.6 Å². The van der Waals surface area contributed by atoms with E-state index in [1.165, 1.54) is 0 Å². The first-order valence-electron chi connectivity index (χ1n) is 4.98. The van der Waals surface area contributed by atoms with Gasteiger partial charge in [-0.3, -0.25) is 0 Å². The highest BCUT2D eigenvalue weighted by Gasteiger charge is 2.13. The molecule has 5 heteroatoms. The second-order valence-corrected chi connectivity index (χ2v) is 3.64. The number of para-hydroxylation sites is 1. The van der Waals surface area contributed by atoms with Gasteiger partial charge in [0.1, 0.15) is 6.07 Å². The lowest BCUT2D eigenvalue weighted by molar-refractivity contribution is -0.132. The monoisotopic (exact) mass is 250 g/mol. The molecule has 0 aliphatic heterocycles. The zero-order valence-corrected chi connectivity index (χ0v) is 9.95. The largest absolute Gasteiger partial charge is 0.477 e. The van der Waals surface area contributed by atoms with Crippen molar-refractivity contribution in [1.82, 2.24) is 0 Å². The van der Waals surface area contributed by atoms with Gasteiger partial charge in [0.25, 0.3) is 0 Å². The molecular formula is C12H11ClN2O2. The molecule has 0 unspecified atom stereocenters. The number of halogens is 1. The van der Waals surface area contributed by atoms with Gasteiger partial charge in [-0.2, -0.15) is 5.26 Å². The van der Waals surface area contributed by atoms with Gasteiger partial charge in [-0.1, -0.05) is 30.7 Å². The van der Waals surface area contributed by atoms with Crippen molar-refractivity contribution < 1.29 is 9.90 Å². The van der Waals surface area contributed by atoms with Gasteiger partial charge in [-0.05, 0) is 18.6 Å². The summed E-state index contributed by atoms with van der Waals surface area (Å²) in [5.74, 6) is -1.25. The topological polar surface area (TPSA) is 73.1 Å². The van der Waals surface area contributed by atoms with Crippen molar-refractivity contribution in [2.75, 3.05) is 5.32 Å². The third-order valence-corrected chi connectivity index (χ3v) is 2.47. The van der Waals surface area contributed by atoms with Crippen LogP contribution in [0.4, 0.5) is 5.69 Å². The lowest BCUT2D eigenvalue weighted by atomic mass is 10.1. The second kappa shape index (κ2) is 5.92. The zero-order chi connectivity index (χ0) is 12.8. The fourth-order valence-electron chi connectivity index (χ4n) is 1.30. The molecule has 0 aromatic heterocycles. The number of carboxylic acids is 1. The maximum absolute atomic E-state index is 10.9. The van der Waals surface area contributed by atoms with E-state index in [1.54, 1.807) is 37.3 Å². The Kier molecular flexibility index (Phi) is 4.56. The van der Waals surface area contributed by atoms with Gasteiger partial charge in [0.2, 0.25) is 0 Å². The van der Waals surface area contributed by atoms with Crippen LogP contribution in [0.15, 0.2) is 35.5 Å². The number of aliphatic carboxylic acids is 1. The van der Waals surface area contributed by atoms with Crippen LogP contribution in [0.1, 0.15) is 13.3 Å². The third-order valence-electron chi connectivity index (χ3n) is 2.14. The van der Waals surface area contributed by atoms with Crippen LogP contribution in [0.2, 0.25) is 5.02 Å². The van der Waals surface area contributed by atoms with Crippen molar-refractivity contribution in [1.29, 1.82) is 5.26 Å². The number of hydrogen-bond donors (Lipinski definition) is 2. The molecule has 0 spiro atoms. The first kappa shape index (κ1) is 13.1. The lowest BCUT2D eigenvalue weighted by Crippen LogP contribution is -2.09. The number of rotatable bonds is 4. The van der Waals surface area contributed by atoms with Crippen LogP contribution in [0, 0.1) is 11.3 Å². The molecule has 0 radical (unpaired) electrons. The number of nitrogens with one attached hydrogen (secondary N) is 1. The molecule has 0 amide bonds. The van der Waals surface area contributed by atoms with E-state index < -0.39 is 5.97 Å². The molecule has 0 aliphatic carbocycles. The normalized spacial score (nSPS) is 11.4. The first-order valence-corrected chi connectivity index (χ1v) is 5.36. The SMILES string of the molecule is CCC(Nc1ccccc1Cl)=C(C#N)C(=O)O. The van der Waals surface area contributed by atoms with Crippen LogP contribution in [-0.2, 0) is 4.79 Å². The number of benzene rings is 1. The molecule has 1 rings (SSSR count). The summed E-state index contributed by atoms with van der Waals surface area (Å²) in [6, 6.07) is 8.61. The van der Waals surface area contributed by atoms with Crippen molar-refractivity contribution in [2.45, 2.75) is 13.3 Å². The maximum Gasteiger partial charge on any atom is 0.348 e. The van der Waals surface area contributed by atoms with E-state index in [1.807, 2.05) is 0 Å². The molecule has 0 fully saturated rings. The summed E-state index contributed by atoms with van der Waals surface area (Å²) in [5, 5.41) is 21.0. The minimum atomic E-state index is -1.25. The Morgan fingerprint density at radius 2 is 2.18 bits per heavy atom. The summed E-state index contributed by atoms with van der Waals surface area (Å²) in [7, 11) is 0. The van der Waals surface area contributed by atoms with E-state index in [4.69, 9.17) is 22.0 Å². The molecule has 1 aromatic rings. The van der Waals surface area contributed by atoms with Crippen molar-refractivity contribution in [3.63, 3.8) is 0 Å². The van der Waals surface area contributed by atoms with E-state index in [0.29, 0.717) is 22.8 Å². The summed E-state index contributed by atoms with van der Waals surface area (Å²) in [6.45, 7) is 1.76. The average molecular weight is 251 g/mol. The standard InChI is InChI=1S/C12H11ClN2O2/c1-2-10(8(7-14)12(16)17)15-11-6-4-3-5-9(11)13/h3-6,15H,2H2,1H3,(H,16,17). The summed E-state index contributed by atoms with van der Waals surface area (Å²) in [6.07, 6.45) is 0.403. The molecule has 88 valence electrons. The van der Waals surface area contributed by atoms with Crippen molar-refractivity contribution in [3.8, 4) is 6.07 Å². The maximum atomic E-state index is 10.9. The van der Waals surface area contributed by atoms with Gasteiger partial charge >= 0.3 is 5.97 Å². The molecule has 17 heavy (non-hydrogen) atoms. The van der Waals surface area contributed by atoms with Gasteiger partial charge < -0.3 is 10.4 Å². The zero-order valence-electron chi connectivity index (χ0n) is 9.20. The van der Waals surface area contributed by atoms with E-state index >= 15 is 0 Å². The molecule has 1 aromatic carbocycles. The highest BCUT2D eigenvalue weighted by molar-refractivity contribution is 6.33. The Labute approximate surface area is 104 Å². The van der Waals surface area contributed by atoms with Crippen molar-refractivity contribution >= 4 is 23.3 Å². The summed E-state index contributed by atoms with van der Waals surface area (Å²) >= 11 is 5.94. The molecule has 0 saturated heterocycles. The second-order valence-electron chi connectivity index (χ2n) is 3.23. The number of anilines is 1. The number of carbonyl (C=O) groups is 1. The Balaban J connectivity index is 3.11. The molecule has 0 atom stereocenters. The minimum absolute atomic E-state index is 0.299. The fourth-order valence-corrected chi connectivity index (χ4v) is 1.48. The molecular weight excluding hydrogens is 240 g/mol. The molecule has 0 bridgehead atoms. The van der Waals surface area contributed by atoms with Crippen LogP contribution < -0.4 is 5.32 Å². The quantitative estimate of drug-likeness (QED) is 0.636. The average Bonchev–Trinajstić information content (AvgIpc) is 2.30. The predicted octanol–water partition coefficient (Wildman–Crippen LogP) is 3.02. The Hall–Kier alpha value is -1.99. The van der Waals surface area contributed by atoms with Crippen LogP contribution in [0.3, 0.4) is 0 Å². The van der Waals surface area contributed by atoms with Crippen LogP contribution >= 0.6 is 11.6 Å². The number of nitriles is 1. The van der Waals surface area contributed by atoms with E-state index in [0.717, 1.165) is 0 Å². The molecule has 4 nitrogen and oxygen atoms in total. The first-order chi connectivity index (χ1) is 8.10. The van der Waals surface area contributed by atoms with Gasteiger partial charge in [0.15, 0.2) is 5.57 Å². The predicted molar refractivity (Wildman–Crippen MR) is 65.6 cm³/mol. The van der Waals surface area contributed by atoms with Gasteiger partial charge in [0, 0.05) is 5.70 Å². The van der Waals surface area contributed by atoms with Gasteiger partial charge in [0.05, 0.1) is 10.7 Å². The van der Waals surface area contributed by atoms with E-state index in [2.05, 4.69) is 5.32 Å². The highest BCUT2D eigenvalue weighted by Crippen LogP contribution is 2.23. The van der Waals surface area contributed by atoms with E-state index in [9.17, 15) is 4.79 Å². The number of allylic oxidation sites excluding steroid dienone is 1. The smallest absolute Gasteiger partial charge is 0.348 e. The molecule has 0 heterocycles. The number of carboxylic acid groups (broad SMARTS) is 1. The molecule has 0 saturated carbocycles. The minimum Gasteiger partial charge on any atom is -0.477 e. The summed E-state index contributed by atoms with van der Waals surface area (Å²) < 4.78 is 0. The number of nitrogens with zero attached hydrogens (tertiary/aromatic N) is 1. The van der Waals surface area contributed by atoms with Crippen molar-refractivity contribution in [2.24, 2.45) is 0 Å². The summed E-state index contributed by atoms with van der Waals surface area (Å²) in [5.41, 5.74) is 0.625. The Bertz CT molecular complexity index is 503. The van der Waals surface area contributed by atoms with Crippen LogP contribution in [-0.4, -0.2) is 11.1 Å². The van der Waals surface area contributed by atoms with Crippen LogP contribution in [0.5, 0.6) is 0 Å². The van der Waals surface area contributed by atoms with Gasteiger partial charge in [-0.25, -0.2) is 4.79 Å². The van der Waals surface area contributed by atoms with E-state index in [-0.39, 0.29) is 5.57 Å². The Morgan fingerprint density at radius 3 is 2.65 bits per heavy atom. The lowest BCUT2D eigenvalue weighted by Gasteiger charge is -2.11.